The summed E-state index contributed by atoms with van der Waals surface area (Å²) in [4.78, 5) is 59.1. The third kappa shape index (κ3) is 9.37. The zero-order valence-corrected chi connectivity index (χ0v) is 17.5. The minimum Gasteiger partial charge on any atom is -0.480 e. The molecular weight excluding hydrogens is 382 g/mol. The smallest absolute Gasteiger partial charge is 0.325 e. The number of carbonyl (C=O) groups is 5. The average molecular weight is 415 g/mol. The maximum Gasteiger partial charge on any atom is 0.325 e. The highest BCUT2D eigenvalue weighted by atomic mass is 16.4. The lowest BCUT2D eigenvalue weighted by atomic mass is 9.99. The van der Waals surface area contributed by atoms with Crippen molar-refractivity contribution in [3.63, 3.8) is 0 Å². The first-order valence-corrected chi connectivity index (χ1v) is 9.45. The minimum absolute atomic E-state index is 0.0394. The van der Waals surface area contributed by atoms with Gasteiger partial charge in [0.2, 0.25) is 23.6 Å². The van der Waals surface area contributed by atoms with Crippen LogP contribution < -0.4 is 27.4 Å². The van der Waals surface area contributed by atoms with Crippen molar-refractivity contribution >= 4 is 29.6 Å². The van der Waals surface area contributed by atoms with Crippen molar-refractivity contribution < 1.29 is 29.1 Å². The van der Waals surface area contributed by atoms with Gasteiger partial charge in [-0.3, -0.25) is 24.0 Å². The molecule has 8 N–H and O–H groups in total. The first-order chi connectivity index (χ1) is 13.3. The van der Waals surface area contributed by atoms with Gasteiger partial charge in [0.15, 0.2) is 0 Å². The molecule has 0 radical (unpaired) electrons. The van der Waals surface area contributed by atoms with Crippen LogP contribution in [0.5, 0.6) is 0 Å². The highest BCUT2D eigenvalue weighted by Crippen LogP contribution is 2.08. The summed E-state index contributed by atoms with van der Waals surface area (Å²) in [5, 5.41) is 16.3. The number of nitrogens with two attached hydrogens (primary N) is 2. The van der Waals surface area contributed by atoms with Gasteiger partial charge in [0.05, 0.1) is 6.04 Å². The fraction of sp³-hybridized carbons (Fsp3) is 0.722. The summed E-state index contributed by atoms with van der Waals surface area (Å²) in [6, 6.07) is -4.11. The number of hydrogen-bond acceptors (Lipinski definition) is 6. The molecule has 0 aliphatic heterocycles. The van der Waals surface area contributed by atoms with E-state index in [1.165, 1.54) is 6.92 Å². The number of aliphatic carboxylic acids is 1. The van der Waals surface area contributed by atoms with Crippen LogP contribution >= 0.6 is 0 Å². The van der Waals surface area contributed by atoms with Crippen LogP contribution in [0.15, 0.2) is 0 Å². The molecule has 0 bridgehead atoms. The van der Waals surface area contributed by atoms with Gasteiger partial charge in [-0.25, -0.2) is 0 Å². The second-order valence-corrected chi connectivity index (χ2v) is 7.64. The van der Waals surface area contributed by atoms with Gasteiger partial charge in [-0.2, -0.15) is 0 Å². The van der Waals surface area contributed by atoms with Gasteiger partial charge in [-0.05, 0) is 25.2 Å². The molecule has 11 heteroatoms. The highest BCUT2D eigenvalue weighted by Gasteiger charge is 2.32. The molecule has 0 aliphatic carbocycles. The van der Waals surface area contributed by atoms with E-state index in [1.807, 2.05) is 0 Å². The standard InChI is InChI=1S/C18H33N5O6/c1-8(2)13(16(26)21-10(5)18(28)29)23-17(27)14(9(3)4)22-15(25)11(19)6-7-12(20)24/h8-11,13-14H,6-7,19H2,1-5H3,(H2,20,24)(H,21,26)(H,22,25)(H,23,27)(H,28,29). The normalized spacial score (nSPS) is 15.2. The molecule has 0 saturated heterocycles. The van der Waals surface area contributed by atoms with Crippen molar-refractivity contribution in [1.29, 1.82) is 0 Å². The summed E-state index contributed by atoms with van der Waals surface area (Å²) in [5.74, 6) is -4.32. The van der Waals surface area contributed by atoms with Crippen molar-refractivity contribution in [2.45, 2.75) is 71.6 Å². The van der Waals surface area contributed by atoms with Gasteiger partial charge in [-0.1, -0.05) is 27.7 Å². The molecule has 0 spiro atoms. The molecule has 4 atom stereocenters. The first-order valence-electron chi connectivity index (χ1n) is 9.45. The second kappa shape index (κ2) is 12.0. The molecular formula is C18H33N5O6. The van der Waals surface area contributed by atoms with Crippen LogP contribution in [0.2, 0.25) is 0 Å². The largest absolute Gasteiger partial charge is 0.480 e. The fourth-order valence-corrected chi connectivity index (χ4v) is 2.37. The number of carboxylic acid groups (broad SMARTS) is 1. The summed E-state index contributed by atoms with van der Waals surface area (Å²) in [7, 11) is 0. The SMILES string of the molecule is CC(NC(=O)C(NC(=O)C(NC(=O)C(N)CCC(N)=O)C(C)C)C(C)C)C(=O)O. The van der Waals surface area contributed by atoms with Gasteiger partial charge < -0.3 is 32.5 Å². The Morgan fingerprint density at radius 1 is 0.793 bits per heavy atom. The Morgan fingerprint density at radius 3 is 1.59 bits per heavy atom. The quantitative estimate of drug-likeness (QED) is 0.222. The third-order valence-corrected chi connectivity index (χ3v) is 4.26. The number of nitrogens with one attached hydrogen (secondary N) is 3. The maximum atomic E-state index is 12.7. The molecule has 4 amide bonds. The van der Waals surface area contributed by atoms with Crippen LogP contribution in [-0.2, 0) is 24.0 Å². The summed E-state index contributed by atoms with van der Waals surface area (Å²) in [6.07, 6.45) is -0.0256. The average Bonchev–Trinajstić information content (AvgIpc) is 2.60. The lowest BCUT2D eigenvalue weighted by Gasteiger charge is -2.28. The molecule has 0 aliphatic rings. The number of carbonyl (C=O) groups excluding carboxylic acids is 4. The van der Waals surface area contributed by atoms with Crippen molar-refractivity contribution in [2.75, 3.05) is 0 Å². The Bertz CT molecular complexity index is 622. The summed E-state index contributed by atoms with van der Waals surface area (Å²) < 4.78 is 0. The fourth-order valence-electron chi connectivity index (χ4n) is 2.37. The number of primary amides is 1. The molecule has 0 fully saturated rings. The van der Waals surface area contributed by atoms with Crippen LogP contribution in [0.25, 0.3) is 0 Å². The van der Waals surface area contributed by atoms with Gasteiger partial charge in [-0.15, -0.1) is 0 Å². The predicted octanol–water partition coefficient (Wildman–Crippen LogP) is -1.55. The van der Waals surface area contributed by atoms with E-state index in [9.17, 15) is 24.0 Å². The maximum absolute atomic E-state index is 12.7. The monoisotopic (exact) mass is 415 g/mol. The summed E-state index contributed by atoms with van der Waals surface area (Å²) in [6.45, 7) is 8.11. The van der Waals surface area contributed by atoms with Gasteiger partial charge in [0, 0.05) is 6.42 Å². The topological polar surface area (TPSA) is 194 Å². The van der Waals surface area contributed by atoms with Crippen molar-refractivity contribution in [1.82, 2.24) is 16.0 Å². The Balaban J connectivity index is 5.16. The first kappa shape index (κ1) is 26.3. The van der Waals surface area contributed by atoms with E-state index in [0.717, 1.165) is 0 Å². The second-order valence-electron chi connectivity index (χ2n) is 7.64. The Kier molecular flexibility index (Phi) is 10.9. The summed E-state index contributed by atoms with van der Waals surface area (Å²) in [5.41, 5.74) is 10.8. The molecule has 166 valence electrons. The Hall–Kier alpha value is -2.69. The molecule has 0 aromatic carbocycles. The molecule has 0 aromatic rings. The molecule has 0 rings (SSSR count). The number of carboxylic acids is 1. The van der Waals surface area contributed by atoms with E-state index in [4.69, 9.17) is 16.6 Å². The van der Waals surface area contributed by atoms with Gasteiger partial charge in [0.25, 0.3) is 0 Å². The van der Waals surface area contributed by atoms with Gasteiger partial charge >= 0.3 is 5.97 Å². The summed E-state index contributed by atoms with van der Waals surface area (Å²) >= 11 is 0. The lowest BCUT2D eigenvalue weighted by Crippen LogP contribution is -2.59. The molecule has 29 heavy (non-hydrogen) atoms. The highest BCUT2D eigenvalue weighted by molar-refractivity contribution is 5.94. The van der Waals surface area contributed by atoms with E-state index in [2.05, 4.69) is 16.0 Å². The van der Waals surface area contributed by atoms with Crippen molar-refractivity contribution in [3.05, 3.63) is 0 Å². The van der Waals surface area contributed by atoms with Crippen LogP contribution in [0.4, 0.5) is 0 Å². The predicted molar refractivity (Wildman–Crippen MR) is 105 cm³/mol. The number of amides is 4. The molecule has 4 unspecified atom stereocenters. The number of rotatable bonds is 12. The zero-order chi connectivity index (χ0) is 22.9. The van der Waals surface area contributed by atoms with Crippen LogP contribution in [0.3, 0.4) is 0 Å². The van der Waals surface area contributed by atoms with Crippen LogP contribution in [0.1, 0.15) is 47.5 Å². The van der Waals surface area contributed by atoms with E-state index in [0.29, 0.717) is 0 Å². The van der Waals surface area contributed by atoms with E-state index >= 15 is 0 Å². The van der Waals surface area contributed by atoms with Crippen molar-refractivity contribution in [2.24, 2.45) is 23.3 Å². The molecule has 0 saturated carbocycles. The lowest BCUT2D eigenvalue weighted by molar-refractivity contribution is -0.142. The van der Waals surface area contributed by atoms with Crippen molar-refractivity contribution in [3.8, 4) is 0 Å². The zero-order valence-electron chi connectivity index (χ0n) is 17.5. The van der Waals surface area contributed by atoms with E-state index in [-0.39, 0.29) is 24.7 Å². The van der Waals surface area contributed by atoms with Gasteiger partial charge in [0.1, 0.15) is 18.1 Å². The van der Waals surface area contributed by atoms with Crippen LogP contribution in [0, 0.1) is 11.8 Å². The molecule has 0 heterocycles. The molecule has 11 nitrogen and oxygen atoms in total. The molecule has 0 aromatic heterocycles. The number of hydrogen-bond donors (Lipinski definition) is 6. The van der Waals surface area contributed by atoms with Crippen LogP contribution in [-0.4, -0.2) is 58.9 Å². The third-order valence-electron chi connectivity index (χ3n) is 4.26. The Labute approximate surface area is 170 Å². The minimum atomic E-state index is -1.20. The Morgan fingerprint density at radius 2 is 1.21 bits per heavy atom. The van der Waals surface area contributed by atoms with E-state index < -0.39 is 53.8 Å². The van der Waals surface area contributed by atoms with E-state index in [1.54, 1.807) is 27.7 Å².